The third kappa shape index (κ3) is 8.30. The minimum absolute atomic E-state index is 0.00624. The molecule has 8 nitrogen and oxygen atoms in total. The number of sulfonamides is 1. The lowest BCUT2D eigenvalue weighted by Crippen LogP contribution is -2.52. The molecule has 0 radical (unpaired) electrons. The van der Waals surface area contributed by atoms with Crippen molar-refractivity contribution in [2.24, 2.45) is 11.8 Å². The summed E-state index contributed by atoms with van der Waals surface area (Å²) in [5.41, 5.74) is -1.74. The largest absolute Gasteiger partial charge is 0.417 e. The second-order valence-electron chi connectivity index (χ2n) is 12.6. The second-order valence-corrected chi connectivity index (χ2v) is 14.5. The highest BCUT2D eigenvalue weighted by Gasteiger charge is 2.46. The number of nitrogens with zero attached hydrogens (tertiary/aromatic N) is 1. The molecule has 0 aromatic heterocycles. The monoisotopic (exact) mass is 703 g/mol. The lowest BCUT2D eigenvalue weighted by atomic mass is 9.69. The van der Waals surface area contributed by atoms with Crippen LogP contribution in [0.25, 0.3) is 11.1 Å². The Kier molecular flexibility index (Phi) is 10.9. The van der Waals surface area contributed by atoms with Crippen LogP contribution in [-0.4, -0.2) is 37.9 Å². The average Bonchev–Trinajstić information content (AvgIpc) is 3.12. The Bertz CT molecular complexity index is 2020. The molecule has 50 heavy (non-hydrogen) atoms. The van der Waals surface area contributed by atoms with E-state index in [0.717, 1.165) is 6.07 Å². The molecule has 1 saturated carbocycles. The minimum Gasteiger partial charge on any atom is -0.379 e. The lowest BCUT2D eigenvalue weighted by Gasteiger charge is -2.39. The number of nitrogens with one attached hydrogen (secondary N) is 2. The summed E-state index contributed by atoms with van der Waals surface area (Å²) in [6.45, 7) is 0. The van der Waals surface area contributed by atoms with Gasteiger partial charge in [-0.2, -0.15) is 18.4 Å². The standard InChI is InChI=1S/C38H36F3N3O5S/c1-43-50(48,49)33-12-6-11-29(21-33)28-10-5-7-26(19-28)23-37(47,36(46)44-32-18-15-30(24-42)34(22-32)38(39,40)41)31-16-13-25(14-17-31)20-35(45)27-8-3-2-4-9-27/h2-12,15,18-19,21-22,25,31,43,47H,13-14,16-17,20,23H2,1H3,(H,44,46). The number of alkyl halides is 3. The van der Waals surface area contributed by atoms with Crippen molar-refractivity contribution in [3.63, 3.8) is 0 Å². The van der Waals surface area contributed by atoms with Gasteiger partial charge in [0.15, 0.2) is 5.78 Å². The van der Waals surface area contributed by atoms with Crippen LogP contribution >= 0.6 is 0 Å². The van der Waals surface area contributed by atoms with Gasteiger partial charge in [0.05, 0.1) is 22.1 Å². The number of benzene rings is 4. The van der Waals surface area contributed by atoms with Crippen molar-refractivity contribution in [3.8, 4) is 17.2 Å². The van der Waals surface area contributed by atoms with Crippen LogP contribution in [0, 0.1) is 23.2 Å². The Balaban J connectivity index is 1.43. The molecule has 0 bridgehead atoms. The van der Waals surface area contributed by atoms with Crippen molar-refractivity contribution in [1.82, 2.24) is 4.72 Å². The molecular weight excluding hydrogens is 667 g/mol. The molecule has 0 spiro atoms. The molecule has 1 atom stereocenters. The highest BCUT2D eigenvalue weighted by Crippen LogP contribution is 2.41. The van der Waals surface area contributed by atoms with Gasteiger partial charge < -0.3 is 10.4 Å². The topological polar surface area (TPSA) is 136 Å². The van der Waals surface area contributed by atoms with Gasteiger partial charge in [-0.1, -0.05) is 66.7 Å². The zero-order valence-corrected chi connectivity index (χ0v) is 28.0. The fraction of sp³-hybridized carbons (Fsp3) is 0.289. The first-order chi connectivity index (χ1) is 23.7. The smallest absolute Gasteiger partial charge is 0.379 e. The second kappa shape index (κ2) is 15.0. The third-order valence-electron chi connectivity index (χ3n) is 9.34. The molecule has 4 aromatic carbocycles. The molecule has 0 heterocycles. The number of halogens is 3. The molecule has 12 heteroatoms. The fourth-order valence-electron chi connectivity index (χ4n) is 6.58. The van der Waals surface area contributed by atoms with E-state index in [4.69, 9.17) is 0 Å². The molecular formula is C38H36F3N3O5S. The van der Waals surface area contributed by atoms with E-state index in [0.29, 0.717) is 60.4 Å². The summed E-state index contributed by atoms with van der Waals surface area (Å²) < 4.78 is 68.3. The molecule has 1 aliphatic carbocycles. The van der Waals surface area contributed by atoms with E-state index in [2.05, 4.69) is 10.0 Å². The number of ketones is 1. The van der Waals surface area contributed by atoms with Crippen LogP contribution in [0.3, 0.4) is 0 Å². The molecule has 1 aliphatic rings. The van der Waals surface area contributed by atoms with E-state index in [1.54, 1.807) is 60.7 Å². The van der Waals surface area contributed by atoms with Crippen molar-refractivity contribution in [1.29, 1.82) is 5.26 Å². The van der Waals surface area contributed by atoms with Crippen LogP contribution in [0.1, 0.15) is 59.2 Å². The summed E-state index contributed by atoms with van der Waals surface area (Å²) in [6, 6.07) is 26.5. The van der Waals surface area contributed by atoms with E-state index >= 15 is 0 Å². The van der Waals surface area contributed by atoms with Gasteiger partial charge in [0.25, 0.3) is 5.91 Å². The van der Waals surface area contributed by atoms with Crippen LogP contribution < -0.4 is 10.0 Å². The van der Waals surface area contributed by atoms with Crippen molar-refractivity contribution in [2.75, 3.05) is 12.4 Å². The zero-order chi connectivity index (χ0) is 36.1. The summed E-state index contributed by atoms with van der Waals surface area (Å²) >= 11 is 0. The SMILES string of the molecule is CNS(=O)(=O)c1cccc(-c2cccc(CC(O)(C(=O)Nc3ccc(C#N)c(C(F)(F)F)c3)C3CCC(CC(=O)c4ccccc4)CC3)c2)c1. The Morgan fingerprint density at radius 2 is 1.54 bits per heavy atom. The number of hydrogen-bond acceptors (Lipinski definition) is 6. The Morgan fingerprint density at radius 1 is 0.880 bits per heavy atom. The van der Waals surface area contributed by atoms with E-state index in [1.807, 2.05) is 6.07 Å². The summed E-state index contributed by atoms with van der Waals surface area (Å²) in [5.74, 6) is -1.46. The summed E-state index contributed by atoms with van der Waals surface area (Å²) in [7, 11) is -2.41. The van der Waals surface area contributed by atoms with Crippen LogP contribution in [0.15, 0.2) is 102 Å². The van der Waals surface area contributed by atoms with Gasteiger partial charge >= 0.3 is 6.18 Å². The van der Waals surface area contributed by atoms with Gasteiger partial charge in [-0.15, -0.1) is 0 Å². The predicted molar refractivity (Wildman–Crippen MR) is 182 cm³/mol. The number of hydrogen-bond donors (Lipinski definition) is 3. The molecule has 1 unspecified atom stereocenters. The van der Waals surface area contributed by atoms with Gasteiger partial charge in [-0.05, 0) is 91.6 Å². The van der Waals surface area contributed by atoms with Crippen molar-refractivity contribution in [3.05, 3.63) is 119 Å². The molecule has 3 N–H and O–H groups in total. The van der Waals surface area contributed by atoms with E-state index in [9.17, 15) is 41.5 Å². The number of carbonyl (C=O) groups is 2. The first-order valence-corrected chi connectivity index (χ1v) is 17.6. The number of amides is 1. The molecule has 1 amide bonds. The minimum atomic E-state index is -4.85. The highest BCUT2D eigenvalue weighted by molar-refractivity contribution is 7.89. The van der Waals surface area contributed by atoms with Crippen molar-refractivity contribution in [2.45, 2.75) is 55.2 Å². The van der Waals surface area contributed by atoms with Gasteiger partial charge in [-0.25, -0.2) is 13.1 Å². The molecule has 4 aromatic rings. The molecule has 1 fully saturated rings. The predicted octanol–water partition coefficient (Wildman–Crippen LogP) is 7.14. The lowest BCUT2D eigenvalue weighted by molar-refractivity contribution is -0.142. The number of carbonyl (C=O) groups excluding carboxylic acids is 2. The van der Waals surface area contributed by atoms with Gasteiger partial charge in [0.2, 0.25) is 10.0 Å². The number of nitriles is 1. The normalized spacial score (nSPS) is 17.7. The zero-order valence-electron chi connectivity index (χ0n) is 27.2. The molecule has 260 valence electrons. The van der Waals surface area contributed by atoms with E-state index in [-0.39, 0.29) is 28.7 Å². The maximum Gasteiger partial charge on any atom is 0.417 e. The molecule has 0 saturated heterocycles. The quantitative estimate of drug-likeness (QED) is 0.142. The van der Waals surface area contributed by atoms with Crippen LogP contribution in [-0.2, 0) is 27.4 Å². The number of aliphatic hydroxyl groups is 1. The maximum atomic E-state index is 14.0. The molecule has 5 rings (SSSR count). The first-order valence-electron chi connectivity index (χ1n) is 16.1. The number of Topliss-reactive ketones (excluding diaryl/α,β-unsaturated/α-hetero) is 1. The van der Waals surface area contributed by atoms with E-state index in [1.165, 1.54) is 31.3 Å². The number of rotatable bonds is 11. The van der Waals surface area contributed by atoms with Crippen LogP contribution in [0.2, 0.25) is 0 Å². The first kappa shape index (κ1) is 36.5. The van der Waals surface area contributed by atoms with Crippen LogP contribution in [0.4, 0.5) is 18.9 Å². The summed E-state index contributed by atoms with van der Waals surface area (Å²) in [6.07, 6.45) is -2.83. The van der Waals surface area contributed by atoms with Crippen molar-refractivity contribution >= 4 is 27.4 Å². The van der Waals surface area contributed by atoms with Gasteiger partial charge in [-0.3, -0.25) is 9.59 Å². The van der Waals surface area contributed by atoms with Crippen LogP contribution in [0.5, 0.6) is 0 Å². The van der Waals surface area contributed by atoms with Gasteiger partial charge in [0, 0.05) is 24.1 Å². The third-order valence-corrected chi connectivity index (χ3v) is 10.7. The summed E-state index contributed by atoms with van der Waals surface area (Å²) in [5, 5.41) is 24.0. The Labute approximate surface area is 289 Å². The highest BCUT2D eigenvalue weighted by atomic mass is 32.2. The van der Waals surface area contributed by atoms with E-state index < -0.39 is 44.8 Å². The summed E-state index contributed by atoms with van der Waals surface area (Å²) in [4.78, 5) is 26.9. The maximum absolute atomic E-state index is 14.0. The van der Waals surface area contributed by atoms with Gasteiger partial charge in [0.1, 0.15) is 5.60 Å². The average molecular weight is 704 g/mol. The molecule has 0 aliphatic heterocycles. The fourth-order valence-corrected chi connectivity index (χ4v) is 7.36. The Hall–Kier alpha value is -4.83. The number of anilines is 1. The van der Waals surface area contributed by atoms with Crippen molar-refractivity contribution < 1.29 is 36.3 Å². The Morgan fingerprint density at radius 3 is 2.18 bits per heavy atom.